The van der Waals surface area contributed by atoms with Crippen LogP contribution in [0.5, 0.6) is 0 Å². The van der Waals surface area contributed by atoms with Gasteiger partial charge in [0.25, 0.3) is 0 Å². The van der Waals surface area contributed by atoms with Gasteiger partial charge >= 0.3 is 0 Å². The lowest BCUT2D eigenvalue weighted by molar-refractivity contribution is 0.532. The van der Waals surface area contributed by atoms with Gasteiger partial charge in [0.2, 0.25) is 0 Å². The highest BCUT2D eigenvalue weighted by molar-refractivity contribution is 5.46. The fraction of sp³-hybridized carbons (Fsp3) is 0.267. The molecular weight excluding hydrogens is 227 g/mol. The third-order valence-electron chi connectivity index (χ3n) is 3.76. The minimum atomic E-state index is -0.524. The second kappa shape index (κ2) is 3.89. The molecule has 3 rings (SSSR count). The van der Waals surface area contributed by atoms with E-state index in [0.717, 1.165) is 35.2 Å². The number of halogens is 1. The average Bonchev–Trinajstić information content (AvgIpc) is 2.68. The van der Waals surface area contributed by atoms with Gasteiger partial charge < -0.3 is 5.73 Å². The summed E-state index contributed by atoms with van der Waals surface area (Å²) in [4.78, 5) is 4.31. The van der Waals surface area contributed by atoms with Crippen LogP contribution in [-0.2, 0) is 12.0 Å². The third-order valence-corrected chi connectivity index (χ3v) is 3.76. The molecule has 1 aliphatic carbocycles. The fourth-order valence-corrected chi connectivity index (χ4v) is 2.70. The van der Waals surface area contributed by atoms with Crippen molar-refractivity contribution in [2.24, 2.45) is 5.73 Å². The number of benzene rings is 1. The van der Waals surface area contributed by atoms with Crippen molar-refractivity contribution in [3.63, 3.8) is 0 Å². The normalized spacial score (nSPS) is 21.9. The van der Waals surface area contributed by atoms with Crippen molar-refractivity contribution in [1.29, 1.82) is 0 Å². The fourth-order valence-electron chi connectivity index (χ4n) is 2.70. The monoisotopic (exact) mass is 242 g/mol. The lowest BCUT2D eigenvalue weighted by atomic mass is 9.86. The summed E-state index contributed by atoms with van der Waals surface area (Å²) in [6, 6.07) is 8.85. The van der Waals surface area contributed by atoms with Gasteiger partial charge in [0.1, 0.15) is 5.82 Å². The van der Waals surface area contributed by atoms with Crippen LogP contribution in [0, 0.1) is 12.7 Å². The second-order valence-electron chi connectivity index (χ2n) is 4.96. The van der Waals surface area contributed by atoms with E-state index in [9.17, 15) is 4.39 Å². The highest BCUT2D eigenvalue weighted by Gasteiger charge is 2.36. The Morgan fingerprint density at radius 3 is 2.83 bits per heavy atom. The van der Waals surface area contributed by atoms with Gasteiger partial charge in [-0.15, -0.1) is 0 Å². The first-order valence-electron chi connectivity index (χ1n) is 6.10. The number of nitrogens with two attached hydrogens (primary N) is 1. The summed E-state index contributed by atoms with van der Waals surface area (Å²) in [6.45, 7) is 1.95. The molecule has 1 atom stereocenters. The molecule has 92 valence electrons. The SMILES string of the molecule is Cc1ccc(C2(N)CCc3cc(F)ccc32)cn1. The maximum Gasteiger partial charge on any atom is 0.123 e. The topological polar surface area (TPSA) is 38.9 Å². The van der Waals surface area contributed by atoms with Crippen LogP contribution in [0.1, 0.15) is 28.8 Å². The van der Waals surface area contributed by atoms with Crippen LogP contribution in [0.4, 0.5) is 4.39 Å². The molecule has 0 fully saturated rings. The molecule has 0 bridgehead atoms. The number of aromatic nitrogens is 1. The standard InChI is InChI=1S/C15H15FN2/c1-10-2-3-12(9-18-10)15(17)7-6-11-8-13(16)4-5-14(11)15/h2-5,8-9H,6-7,17H2,1H3. The Balaban J connectivity index is 2.11. The Morgan fingerprint density at radius 1 is 1.28 bits per heavy atom. The molecule has 2 N–H and O–H groups in total. The molecule has 1 heterocycles. The summed E-state index contributed by atoms with van der Waals surface area (Å²) in [6.07, 6.45) is 3.45. The molecule has 0 spiro atoms. The van der Waals surface area contributed by atoms with E-state index in [-0.39, 0.29) is 5.82 Å². The summed E-state index contributed by atoms with van der Waals surface area (Å²) >= 11 is 0. The number of fused-ring (bicyclic) bond motifs is 1. The maximum atomic E-state index is 13.2. The molecule has 1 unspecified atom stereocenters. The van der Waals surface area contributed by atoms with E-state index in [2.05, 4.69) is 4.98 Å². The second-order valence-corrected chi connectivity index (χ2v) is 4.96. The zero-order valence-corrected chi connectivity index (χ0v) is 10.3. The number of nitrogens with zero attached hydrogens (tertiary/aromatic N) is 1. The minimum absolute atomic E-state index is 0.194. The molecule has 2 nitrogen and oxygen atoms in total. The maximum absolute atomic E-state index is 13.2. The van der Waals surface area contributed by atoms with Gasteiger partial charge in [-0.1, -0.05) is 12.1 Å². The molecule has 1 aliphatic rings. The molecule has 0 aliphatic heterocycles. The number of hydrogen-bond donors (Lipinski definition) is 1. The van der Waals surface area contributed by atoms with Crippen molar-refractivity contribution >= 4 is 0 Å². The van der Waals surface area contributed by atoms with Gasteiger partial charge in [-0.3, -0.25) is 4.98 Å². The summed E-state index contributed by atoms with van der Waals surface area (Å²) in [5.41, 5.74) is 10.0. The predicted molar refractivity (Wildman–Crippen MR) is 68.7 cm³/mol. The number of aryl methyl sites for hydroxylation is 2. The highest BCUT2D eigenvalue weighted by Crippen LogP contribution is 2.39. The molecule has 2 aromatic rings. The van der Waals surface area contributed by atoms with Crippen molar-refractivity contribution < 1.29 is 4.39 Å². The van der Waals surface area contributed by atoms with Crippen LogP contribution >= 0.6 is 0 Å². The molecule has 3 heteroatoms. The molecule has 18 heavy (non-hydrogen) atoms. The van der Waals surface area contributed by atoms with Crippen LogP contribution in [0.15, 0.2) is 36.5 Å². The highest BCUT2D eigenvalue weighted by atomic mass is 19.1. The molecule has 0 amide bonds. The number of pyridine rings is 1. The van der Waals surface area contributed by atoms with Crippen molar-refractivity contribution in [2.45, 2.75) is 25.3 Å². The summed E-state index contributed by atoms with van der Waals surface area (Å²) in [5, 5.41) is 0. The van der Waals surface area contributed by atoms with E-state index in [4.69, 9.17) is 5.73 Å². The Labute approximate surface area is 106 Å². The van der Waals surface area contributed by atoms with E-state index in [0.29, 0.717) is 0 Å². The smallest absolute Gasteiger partial charge is 0.123 e. The van der Waals surface area contributed by atoms with Crippen LogP contribution in [0.3, 0.4) is 0 Å². The largest absolute Gasteiger partial charge is 0.318 e. The van der Waals surface area contributed by atoms with Crippen LogP contribution in [0.2, 0.25) is 0 Å². The van der Waals surface area contributed by atoms with E-state index >= 15 is 0 Å². The van der Waals surface area contributed by atoms with Gasteiger partial charge in [0.15, 0.2) is 0 Å². The molecule has 0 saturated carbocycles. The first kappa shape index (κ1) is 11.4. The zero-order chi connectivity index (χ0) is 12.8. The van der Waals surface area contributed by atoms with Crippen LogP contribution in [-0.4, -0.2) is 4.98 Å². The first-order chi connectivity index (χ1) is 8.59. The molecule has 1 aromatic carbocycles. The van der Waals surface area contributed by atoms with Gasteiger partial charge in [-0.2, -0.15) is 0 Å². The number of hydrogen-bond acceptors (Lipinski definition) is 2. The number of rotatable bonds is 1. The average molecular weight is 242 g/mol. The van der Waals surface area contributed by atoms with Crippen molar-refractivity contribution in [1.82, 2.24) is 4.98 Å². The van der Waals surface area contributed by atoms with E-state index < -0.39 is 5.54 Å². The van der Waals surface area contributed by atoms with Crippen molar-refractivity contribution in [3.8, 4) is 0 Å². The lowest BCUT2D eigenvalue weighted by Crippen LogP contribution is -2.35. The quantitative estimate of drug-likeness (QED) is 0.835. The Morgan fingerprint density at radius 2 is 2.11 bits per heavy atom. The van der Waals surface area contributed by atoms with Crippen LogP contribution < -0.4 is 5.73 Å². The van der Waals surface area contributed by atoms with Crippen molar-refractivity contribution in [3.05, 3.63) is 64.7 Å². The summed E-state index contributed by atoms with van der Waals surface area (Å²) in [5.74, 6) is -0.194. The van der Waals surface area contributed by atoms with Gasteiger partial charge in [-0.25, -0.2) is 4.39 Å². The predicted octanol–water partition coefficient (Wildman–Crippen LogP) is 2.68. The van der Waals surface area contributed by atoms with Gasteiger partial charge in [0.05, 0.1) is 5.54 Å². The summed E-state index contributed by atoms with van der Waals surface area (Å²) < 4.78 is 13.2. The Kier molecular flexibility index (Phi) is 2.45. The van der Waals surface area contributed by atoms with E-state index in [1.54, 1.807) is 12.1 Å². The lowest BCUT2D eigenvalue weighted by Gasteiger charge is -2.25. The first-order valence-corrected chi connectivity index (χ1v) is 6.10. The molecule has 0 radical (unpaired) electrons. The molecular formula is C15H15FN2. The van der Waals surface area contributed by atoms with Crippen LogP contribution in [0.25, 0.3) is 0 Å². The van der Waals surface area contributed by atoms with Gasteiger partial charge in [0, 0.05) is 11.9 Å². The summed E-state index contributed by atoms with van der Waals surface area (Å²) in [7, 11) is 0. The molecule has 0 saturated heterocycles. The van der Waals surface area contributed by atoms with Crippen molar-refractivity contribution in [2.75, 3.05) is 0 Å². The van der Waals surface area contributed by atoms with Gasteiger partial charge in [-0.05, 0) is 54.7 Å². The van der Waals surface area contributed by atoms with E-state index in [1.165, 1.54) is 6.07 Å². The minimum Gasteiger partial charge on any atom is -0.318 e. The Hall–Kier alpha value is -1.74. The molecule has 1 aromatic heterocycles. The Bertz CT molecular complexity index is 592. The zero-order valence-electron chi connectivity index (χ0n) is 10.3. The van der Waals surface area contributed by atoms with E-state index in [1.807, 2.05) is 25.3 Å². The third kappa shape index (κ3) is 1.63.